The topological polar surface area (TPSA) is 105 Å². The van der Waals surface area contributed by atoms with Crippen molar-refractivity contribution in [3.63, 3.8) is 0 Å². The normalized spacial score (nSPS) is 34.9. The molecule has 7 heteroatoms. The van der Waals surface area contributed by atoms with E-state index >= 15 is 0 Å². The molecular weight excluding hydrogens is 240 g/mol. The molecule has 0 aromatic carbocycles. The zero-order chi connectivity index (χ0) is 15.9. The van der Waals surface area contributed by atoms with Crippen molar-refractivity contribution in [2.24, 2.45) is 12.9 Å². The van der Waals surface area contributed by atoms with Gasteiger partial charge in [-0.05, 0) is 6.42 Å². The lowest BCUT2D eigenvalue weighted by Crippen LogP contribution is -2.41. The number of rotatable bonds is 2. The first-order valence-corrected chi connectivity index (χ1v) is 5.50. The SMILES string of the molecule is [2H]C([2H])([2H])n1c(=O)ccn([C@@H]2C[C@H](CO)[C@@H](O)[C@@H]2O)c1=O. The molecule has 1 aliphatic carbocycles. The molecule has 18 heavy (non-hydrogen) atoms. The Morgan fingerprint density at radius 2 is 2.17 bits per heavy atom. The molecule has 0 radical (unpaired) electrons. The van der Waals surface area contributed by atoms with Crippen molar-refractivity contribution in [2.45, 2.75) is 24.7 Å². The molecule has 1 fully saturated rings. The van der Waals surface area contributed by atoms with E-state index in [1.807, 2.05) is 0 Å². The Hall–Kier alpha value is -1.44. The van der Waals surface area contributed by atoms with Crippen LogP contribution in [0.2, 0.25) is 0 Å². The van der Waals surface area contributed by atoms with E-state index in [9.17, 15) is 19.8 Å². The van der Waals surface area contributed by atoms with Crippen LogP contribution in [0.4, 0.5) is 0 Å². The third kappa shape index (κ3) is 1.90. The third-order valence-corrected chi connectivity index (χ3v) is 3.37. The Morgan fingerprint density at radius 3 is 2.72 bits per heavy atom. The standard InChI is InChI=1S/C11H16N2O5/c1-12-8(15)2-3-13(11(12)18)7-4-6(5-14)9(16)10(7)17/h2-3,6-7,9-10,14,16-17H,4-5H2,1H3/t6-,7-,9-,10-/m1/s1/i1D3. The second-order valence-corrected chi connectivity index (χ2v) is 4.41. The minimum Gasteiger partial charge on any atom is -0.396 e. The van der Waals surface area contributed by atoms with Gasteiger partial charge in [-0.15, -0.1) is 0 Å². The van der Waals surface area contributed by atoms with Gasteiger partial charge in [0.1, 0.15) is 6.10 Å². The average molecular weight is 259 g/mol. The van der Waals surface area contributed by atoms with Gasteiger partial charge in [0.05, 0.1) is 12.1 Å². The molecule has 100 valence electrons. The van der Waals surface area contributed by atoms with Crippen molar-refractivity contribution >= 4 is 0 Å². The molecular formula is C11H16N2O5. The summed E-state index contributed by atoms with van der Waals surface area (Å²) in [6.45, 7) is -3.31. The quantitative estimate of drug-likeness (QED) is 0.560. The maximum absolute atomic E-state index is 12.2. The molecule has 4 atom stereocenters. The number of nitrogens with zero attached hydrogens (tertiary/aromatic N) is 2. The largest absolute Gasteiger partial charge is 0.396 e. The van der Waals surface area contributed by atoms with Crippen LogP contribution < -0.4 is 11.2 Å². The van der Waals surface area contributed by atoms with Crippen LogP contribution in [-0.2, 0) is 6.98 Å². The first kappa shape index (κ1) is 9.48. The first-order chi connectivity index (χ1) is 9.68. The monoisotopic (exact) mass is 259 g/mol. The molecule has 1 saturated carbocycles. The van der Waals surface area contributed by atoms with E-state index < -0.39 is 42.4 Å². The fourth-order valence-corrected chi connectivity index (χ4v) is 2.30. The van der Waals surface area contributed by atoms with Crippen molar-refractivity contribution < 1.29 is 19.4 Å². The predicted molar refractivity (Wildman–Crippen MR) is 62.2 cm³/mol. The van der Waals surface area contributed by atoms with E-state index in [0.29, 0.717) is 0 Å². The maximum Gasteiger partial charge on any atom is 0.331 e. The number of hydrogen-bond donors (Lipinski definition) is 3. The van der Waals surface area contributed by atoms with Crippen molar-refractivity contribution in [3.8, 4) is 0 Å². The molecule has 0 bridgehead atoms. The molecule has 3 N–H and O–H groups in total. The summed E-state index contributed by atoms with van der Waals surface area (Å²) in [5.41, 5.74) is -2.06. The van der Waals surface area contributed by atoms with Crippen LogP contribution >= 0.6 is 0 Å². The molecule has 0 saturated heterocycles. The maximum atomic E-state index is 12.2. The van der Waals surface area contributed by atoms with Crippen LogP contribution in [0, 0.1) is 5.92 Å². The Labute approximate surface area is 107 Å². The van der Waals surface area contributed by atoms with Crippen LogP contribution in [0.1, 0.15) is 16.6 Å². The molecule has 1 aromatic rings. The molecule has 1 heterocycles. The third-order valence-electron chi connectivity index (χ3n) is 3.37. The van der Waals surface area contributed by atoms with Crippen LogP contribution in [0.3, 0.4) is 0 Å². The number of aliphatic hydroxyl groups excluding tert-OH is 3. The van der Waals surface area contributed by atoms with Crippen molar-refractivity contribution in [2.75, 3.05) is 6.61 Å². The highest BCUT2D eigenvalue weighted by Gasteiger charge is 2.42. The van der Waals surface area contributed by atoms with E-state index in [0.717, 1.165) is 16.8 Å². The highest BCUT2D eigenvalue weighted by molar-refractivity contribution is 4.98. The van der Waals surface area contributed by atoms with Gasteiger partial charge in [0, 0.05) is 35.9 Å². The predicted octanol–water partition coefficient (Wildman–Crippen LogP) is -2.18. The lowest BCUT2D eigenvalue weighted by molar-refractivity contribution is -0.00467. The Kier molecular flexibility index (Phi) is 2.46. The smallest absolute Gasteiger partial charge is 0.331 e. The van der Waals surface area contributed by atoms with Gasteiger partial charge < -0.3 is 15.3 Å². The average Bonchev–Trinajstić information content (AvgIpc) is 2.65. The van der Waals surface area contributed by atoms with Crippen molar-refractivity contribution in [1.29, 1.82) is 0 Å². The molecule has 0 aliphatic heterocycles. The Balaban J connectivity index is 2.53. The summed E-state index contributed by atoms with van der Waals surface area (Å²) in [6.07, 6.45) is -1.37. The zero-order valence-electron chi connectivity index (χ0n) is 12.4. The van der Waals surface area contributed by atoms with Gasteiger partial charge in [-0.1, -0.05) is 0 Å². The van der Waals surface area contributed by atoms with Crippen molar-refractivity contribution in [3.05, 3.63) is 33.1 Å². The molecule has 7 nitrogen and oxygen atoms in total. The lowest BCUT2D eigenvalue weighted by atomic mass is 10.1. The molecule has 0 amide bonds. The molecule has 0 unspecified atom stereocenters. The van der Waals surface area contributed by atoms with Gasteiger partial charge in [0.2, 0.25) is 0 Å². The minimum atomic E-state index is -2.93. The molecule has 1 aliphatic rings. The second kappa shape index (κ2) is 4.68. The zero-order valence-corrected chi connectivity index (χ0v) is 9.43. The van der Waals surface area contributed by atoms with Crippen LogP contribution in [0.25, 0.3) is 0 Å². The summed E-state index contributed by atoms with van der Waals surface area (Å²) in [7, 11) is 0. The van der Waals surface area contributed by atoms with Gasteiger partial charge in [-0.3, -0.25) is 13.9 Å². The Morgan fingerprint density at radius 1 is 1.44 bits per heavy atom. The highest BCUT2D eigenvalue weighted by Crippen LogP contribution is 2.33. The number of aromatic nitrogens is 2. The van der Waals surface area contributed by atoms with Gasteiger partial charge >= 0.3 is 5.69 Å². The van der Waals surface area contributed by atoms with Crippen LogP contribution in [0.15, 0.2) is 21.9 Å². The van der Waals surface area contributed by atoms with E-state index in [4.69, 9.17) is 9.22 Å². The van der Waals surface area contributed by atoms with E-state index in [2.05, 4.69) is 0 Å². The summed E-state index contributed by atoms with van der Waals surface area (Å²) in [5.74, 6) is -0.620. The van der Waals surface area contributed by atoms with Gasteiger partial charge in [-0.25, -0.2) is 4.79 Å². The molecule has 1 aromatic heterocycles. The van der Waals surface area contributed by atoms with Gasteiger partial charge in [-0.2, -0.15) is 0 Å². The second-order valence-electron chi connectivity index (χ2n) is 4.41. The first-order valence-electron chi connectivity index (χ1n) is 7.00. The fraction of sp³-hybridized carbons (Fsp3) is 0.636. The summed E-state index contributed by atoms with van der Waals surface area (Å²) < 4.78 is 22.7. The fourth-order valence-electron chi connectivity index (χ4n) is 2.30. The summed E-state index contributed by atoms with van der Waals surface area (Å²) in [6, 6.07) is 0.0120. The molecule has 2 rings (SSSR count). The summed E-state index contributed by atoms with van der Waals surface area (Å²) in [5, 5.41) is 28.8. The van der Waals surface area contributed by atoms with E-state index in [1.165, 1.54) is 0 Å². The minimum absolute atomic E-state index is 0.0952. The van der Waals surface area contributed by atoms with Crippen LogP contribution in [-0.4, -0.2) is 43.3 Å². The lowest BCUT2D eigenvalue weighted by Gasteiger charge is -2.19. The van der Waals surface area contributed by atoms with E-state index in [-0.39, 0.29) is 17.6 Å². The number of aliphatic hydroxyl groups is 3. The van der Waals surface area contributed by atoms with E-state index in [1.54, 1.807) is 0 Å². The highest BCUT2D eigenvalue weighted by atomic mass is 16.3. The van der Waals surface area contributed by atoms with Gasteiger partial charge in [0.25, 0.3) is 5.56 Å². The van der Waals surface area contributed by atoms with Gasteiger partial charge in [0.15, 0.2) is 0 Å². The Bertz CT molecular complexity index is 638. The van der Waals surface area contributed by atoms with Crippen LogP contribution in [0.5, 0.6) is 0 Å². The number of hydrogen-bond acceptors (Lipinski definition) is 5. The molecule has 0 spiro atoms. The summed E-state index contributed by atoms with van der Waals surface area (Å²) in [4.78, 5) is 23.7. The van der Waals surface area contributed by atoms with Crippen molar-refractivity contribution in [1.82, 2.24) is 9.13 Å². The summed E-state index contributed by atoms with van der Waals surface area (Å²) >= 11 is 0.